The zero-order chi connectivity index (χ0) is 13.0. The molecular weight excluding hydrogens is 305 g/mol. The molecule has 1 N–H and O–H groups in total. The van der Waals surface area contributed by atoms with Gasteiger partial charge in [0.25, 0.3) is 0 Å². The fourth-order valence-corrected chi connectivity index (χ4v) is 2.57. The van der Waals surface area contributed by atoms with Crippen molar-refractivity contribution in [2.45, 2.75) is 19.9 Å². The van der Waals surface area contributed by atoms with Crippen molar-refractivity contribution in [1.82, 2.24) is 4.90 Å². The van der Waals surface area contributed by atoms with E-state index >= 15 is 0 Å². The minimum atomic E-state index is -0.877. The lowest BCUT2D eigenvalue weighted by Gasteiger charge is -2.27. The van der Waals surface area contributed by atoms with Gasteiger partial charge in [-0.25, -0.2) is 0 Å². The van der Waals surface area contributed by atoms with E-state index in [1.165, 1.54) is 0 Å². The molecule has 1 rings (SSSR count). The second-order valence-corrected chi connectivity index (χ2v) is 4.95. The summed E-state index contributed by atoms with van der Waals surface area (Å²) < 4.78 is 0.843. The second kappa shape index (κ2) is 6.38. The summed E-state index contributed by atoms with van der Waals surface area (Å²) in [5, 5.41) is 9.81. The van der Waals surface area contributed by atoms with Crippen LogP contribution >= 0.6 is 27.5 Å². The predicted octanol–water partition coefficient (Wildman–Crippen LogP) is 3.57. The van der Waals surface area contributed by atoms with Gasteiger partial charge in [0.2, 0.25) is 0 Å². The Morgan fingerprint density at radius 2 is 2.06 bits per heavy atom. The van der Waals surface area contributed by atoms with E-state index in [4.69, 9.17) is 11.6 Å². The zero-order valence-corrected chi connectivity index (χ0v) is 12.1. The zero-order valence-electron chi connectivity index (χ0n) is 9.78. The van der Waals surface area contributed by atoms with Crippen LogP contribution in [0, 0.1) is 0 Å². The molecule has 0 saturated carbocycles. The van der Waals surface area contributed by atoms with Crippen LogP contribution in [0.3, 0.4) is 0 Å². The number of aliphatic carboxylic acids is 1. The van der Waals surface area contributed by atoms with Gasteiger partial charge in [-0.05, 0) is 30.8 Å². The molecule has 0 aromatic heterocycles. The standard InChI is InChI=1S/C12H15BrClNO2/c1-3-15(4-2)11(12(16)17)9-6-5-8(13)7-10(9)14/h5-7,11H,3-4H2,1-2H3,(H,16,17). The van der Waals surface area contributed by atoms with Crippen molar-refractivity contribution in [2.75, 3.05) is 13.1 Å². The summed E-state index contributed by atoms with van der Waals surface area (Å²) in [5.74, 6) is -0.877. The number of hydrogen-bond donors (Lipinski definition) is 1. The van der Waals surface area contributed by atoms with Crippen molar-refractivity contribution >= 4 is 33.5 Å². The van der Waals surface area contributed by atoms with Crippen LogP contribution in [0.2, 0.25) is 5.02 Å². The lowest BCUT2D eigenvalue weighted by molar-refractivity contribution is -0.143. The summed E-state index contributed by atoms with van der Waals surface area (Å²) in [6, 6.07) is 4.59. The van der Waals surface area contributed by atoms with E-state index in [-0.39, 0.29) is 0 Å². The molecule has 0 bridgehead atoms. The van der Waals surface area contributed by atoms with Crippen LogP contribution < -0.4 is 0 Å². The van der Waals surface area contributed by atoms with Crippen LogP contribution in [0.4, 0.5) is 0 Å². The fourth-order valence-electron chi connectivity index (χ4n) is 1.80. The lowest BCUT2D eigenvalue weighted by atomic mass is 10.1. The molecule has 0 aliphatic heterocycles. The molecule has 1 aromatic rings. The van der Waals surface area contributed by atoms with E-state index in [1.54, 1.807) is 18.2 Å². The lowest BCUT2D eigenvalue weighted by Crippen LogP contribution is -2.34. The Labute approximate surface area is 115 Å². The van der Waals surface area contributed by atoms with Crippen LogP contribution in [0.5, 0.6) is 0 Å². The highest BCUT2D eigenvalue weighted by Crippen LogP contribution is 2.30. The first kappa shape index (κ1) is 14.5. The first-order valence-electron chi connectivity index (χ1n) is 5.43. The number of benzene rings is 1. The minimum absolute atomic E-state index is 0.471. The minimum Gasteiger partial charge on any atom is -0.480 e. The average molecular weight is 321 g/mol. The Morgan fingerprint density at radius 3 is 2.47 bits per heavy atom. The Bertz CT molecular complexity index is 407. The molecule has 0 aliphatic carbocycles. The maximum absolute atomic E-state index is 11.4. The van der Waals surface area contributed by atoms with E-state index in [0.717, 1.165) is 4.47 Å². The Morgan fingerprint density at radius 1 is 1.47 bits per heavy atom. The number of likely N-dealkylation sites (N-methyl/N-ethyl adjacent to an activating group) is 1. The van der Waals surface area contributed by atoms with E-state index in [1.807, 2.05) is 18.7 Å². The molecule has 17 heavy (non-hydrogen) atoms. The van der Waals surface area contributed by atoms with Gasteiger partial charge in [0.1, 0.15) is 6.04 Å². The highest BCUT2D eigenvalue weighted by Gasteiger charge is 2.27. The topological polar surface area (TPSA) is 40.5 Å². The molecule has 0 saturated heterocycles. The molecule has 3 nitrogen and oxygen atoms in total. The summed E-state index contributed by atoms with van der Waals surface area (Å²) >= 11 is 9.41. The Kier molecular flexibility index (Phi) is 5.43. The van der Waals surface area contributed by atoms with Gasteiger partial charge in [-0.2, -0.15) is 0 Å². The predicted molar refractivity (Wildman–Crippen MR) is 72.4 cm³/mol. The van der Waals surface area contributed by atoms with Crippen LogP contribution in [0.25, 0.3) is 0 Å². The summed E-state index contributed by atoms with van der Waals surface area (Å²) in [6.45, 7) is 5.21. The summed E-state index contributed by atoms with van der Waals surface area (Å²) in [4.78, 5) is 13.2. The van der Waals surface area contributed by atoms with Crippen molar-refractivity contribution < 1.29 is 9.90 Å². The third kappa shape index (κ3) is 3.44. The number of halogens is 2. The monoisotopic (exact) mass is 319 g/mol. The van der Waals surface area contributed by atoms with Gasteiger partial charge in [-0.3, -0.25) is 9.69 Å². The summed E-state index contributed by atoms with van der Waals surface area (Å²) in [6.07, 6.45) is 0. The molecule has 0 spiro atoms. The van der Waals surface area contributed by atoms with Gasteiger partial charge in [0.05, 0.1) is 0 Å². The fraction of sp³-hybridized carbons (Fsp3) is 0.417. The van der Waals surface area contributed by atoms with E-state index in [2.05, 4.69) is 15.9 Å². The number of carboxylic acid groups (broad SMARTS) is 1. The third-order valence-electron chi connectivity index (χ3n) is 2.67. The highest BCUT2D eigenvalue weighted by molar-refractivity contribution is 9.10. The molecule has 0 amide bonds. The molecular formula is C12H15BrClNO2. The van der Waals surface area contributed by atoms with E-state index in [9.17, 15) is 9.90 Å². The molecule has 1 unspecified atom stereocenters. The molecule has 0 aliphatic rings. The quantitative estimate of drug-likeness (QED) is 0.901. The number of hydrogen-bond acceptors (Lipinski definition) is 2. The maximum atomic E-state index is 11.4. The largest absolute Gasteiger partial charge is 0.480 e. The first-order chi connectivity index (χ1) is 8.01. The van der Waals surface area contributed by atoms with Gasteiger partial charge in [-0.1, -0.05) is 47.4 Å². The van der Waals surface area contributed by atoms with Gasteiger partial charge >= 0.3 is 5.97 Å². The van der Waals surface area contributed by atoms with Crippen LogP contribution in [0.1, 0.15) is 25.5 Å². The molecule has 5 heteroatoms. The van der Waals surface area contributed by atoms with Crippen LogP contribution in [-0.4, -0.2) is 29.1 Å². The smallest absolute Gasteiger partial charge is 0.325 e. The number of carbonyl (C=O) groups is 1. The van der Waals surface area contributed by atoms with Crippen LogP contribution in [-0.2, 0) is 4.79 Å². The van der Waals surface area contributed by atoms with Crippen molar-refractivity contribution in [3.8, 4) is 0 Å². The van der Waals surface area contributed by atoms with Gasteiger partial charge in [0.15, 0.2) is 0 Å². The number of carboxylic acids is 1. The van der Waals surface area contributed by atoms with E-state index in [0.29, 0.717) is 23.7 Å². The molecule has 1 atom stereocenters. The van der Waals surface area contributed by atoms with Gasteiger partial charge in [0, 0.05) is 9.50 Å². The van der Waals surface area contributed by atoms with Gasteiger partial charge < -0.3 is 5.11 Å². The first-order valence-corrected chi connectivity index (χ1v) is 6.60. The van der Waals surface area contributed by atoms with E-state index < -0.39 is 12.0 Å². The Hall–Kier alpha value is -0.580. The van der Waals surface area contributed by atoms with Crippen molar-refractivity contribution in [3.63, 3.8) is 0 Å². The number of rotatable bonds is 5. The highest BCUT2D eigenvalue weighted by atomic mass is 79.9. The van der Waals surface area contributed by atoms with Gasteiger partial charge in [-0.15, -0.1) is 0 Å². The van der Waals surface area contributed by atoms with Crippen molar-refractivity contribution in [2.24, 2.45) is 0 Å². The summed E-state index contributed by atoms with van der Waals surface area (Å²) in [5.41, 5.74) is 0.631. The van der Waals surface area contributed by atoms with Crippen molar-refractivity contribution in [3.05, 3.63) is 33.3 Å². The number of nitrogens with zero attached hydrogens (tertiary/aromatic N) is 1. The molecule has 0 radical (unpaired) electrons. The summed E-state index contributed by atoms with van der Waals surface area (Å²) in [7, 11) is 0. The average Bonchev–Trinajstić information content (AvgIpc) is 2.26. The Balaban J connectivity index is 3.18. The second-order valence-electron chi connectivity index (χ2n) is 3.63. The molecule has 0 fully saturated rings. The third-order valence-corrected chi connectivity index (χ3v) is 3.49. The molecule has 94 valence electrons. The molecule has 1 aromatic carbocycles. The van der Waals surface area contributed by atoms with Crippen molar-refractivity contribution in [1.29, 1.82) is 0 Å². The normalized spacial score (nSPS) is 12.8. The maximum Gasteiger partial charge on any atom is 0.325 e. The molecule has 0 heterocycles. The van der Waals surface area contributed by atoms with Crippen LogP contribution in [0.15, 0.2) is 22.7 Å². The SMILES string of the molecule is CCN(CC)C(C(=O)O)c1ccc(Br)cc1Cl.